The highest BCUT2D eigenvalue weighted by molar-refractivity contribution is 7.57. The Hall–Kier alpha value is 0.0800. The summed E-state index contributed by atoms with van der Waals surface area (Å²) in [5, 5.41) is 6.79. The second-order valence-electron chi connectivity index (χ2n) is 1.27. The summed E-state index contributed by atoms with van der Waals surface area (Å²) in [7, 11) is -5.47. The van der Waals surface area contributed by atoms with E-state index in [-0.39, 0.29) is 0 Å². The molecule has 0 aromatic rings. The number of hydrogen-bond acceptors (Lipinski definition) is 3. The quantitative estimate of drug-likeness (QED) is 0.511. The summed E-state index contributed by atoms with van der Waals surface area (Å²) in [6.07, 6.45) is 0. The third-order valence-corrected chi connectivity index (χ3v) is 3.21. The van der Waals surface area contributed by atoms with Crippen molar-refractivity contribution in [3.8, 4) is 0 Å². The van der Waals surface area contributed by atoms with E-state index < -0.39 is 28.1 Å². The highest BCUT2D eigenvalue weighted by Gasteiger charge is 2.46. The zero-order chi connectivity index (χ0) is 7.44. The van der Waals surface area contributed by atoms with Gasteiger partial charge in [0.25, 0.3) is 0 Å². The molecule has 0 heterocycles. The van der Waals surface area contributed by atoms with E-state index in [9.17, 15) is 9.13 Å². The average Bonchev–Trinajstić information content (AvgIpc) is 1.64. The minimum Gasteiger partial charge on any atom is -0.386 e. The molecule has 0 saturated carbocycles. The van der Waals surface area contributed by atoms with Crippen LogP contribution in [-0.4, -0.2) is 26.9 Å². The van der Waals surface area contributed by atoms with Crippen LogP contribution in [0.25, 0.3) is 0 Å². The molecule has 5 nitrogen and oxygen atoms in total. The van der Waals surface area contributed by atoms with Crippen LogP contribution in [0.3, 0.4) is 0 Å². The first kappa shape index (κ1) is 9.08. The van der Waals surface area contributed by atoms with Gasteiger partial charge in [0.2, 0.25) is 0 Å². The molecule has 0 amide bonds. The topological polar surface area (TPSA) is 94.8 Å². The van der Waals surface area contributed by atoms with E-state index >= 15 is 0 Å². The van der Waals surface area contributed by atoms with Crippen LogP contribution in [0.2, 0.25) is 0 Å². The largest absolute Gasteiger partial charge is 0.567 e. The Morgan fingerprint density at radius 1 is 1.22 bits per heavy atom. The summed E-state index contributed by atoms with van der Waals surface area (Å²) < 4.78 is 20.0. The lowest BCUT2D eigenvalue weighted by Crippen LogP contribution is -2.01. The highest BCUT2D eigenvalue weighted by Crippen LogP contribution is 2.38. The third-order valence-electron chi connectivity index (χ3n) is 0.673. The maximum atomic E-state index is 10.0. The molecule has 7 heteroatoms. The zero-order valence-electron chi connectivity index (χ0n) is 4.34. The summed E-state index contributed by atoms with van der Waals surface area (Å²) in [6, 6.07) is 0. The monoisotopic (exact) mass is 172 g/mol. The lowest BCUT2D eigenvalue weighted by Gasteiger charge is -1.78. The molecule has 0 saturated heterocycles. The SMILES string of the molecule is O=[P+](O)C(CO)[P+](=O)O. The molecule has 2 unspecified atom stereocenters. The molecule has 0 spiro atoms. The van der Waals surface area contributed by atoms with E-state index in [1.54, 1.807) is 0 Å². The Morgan fingerprint density at radius 2 is 1.56 bits per heavy atom. The van der Waals surface area contributed by atoms with Crippen molar-refractivity contribution in [2.75, 3.05) is 6.61 Å². The highest BCUT2D eigenvalue weighted by atomic mass is 31.2. The number of rotatable bonds is 3. The molecular formula is C2H6O5P2+2. The number of aliphatic hydroxyl groups excluding tert-OH is 1. The average molecular weight is 172 g/mol. The molecule has 52 valence electrons. The maximum absolute atomic E-state index is 10.0. The molecule has 0 aromatic carbocycles. The molecule has 0 radical (unpaired) electrons. The van der Waals surface area contributed by atoms with Crippen molar-refractivity contribution in [2.24, 2.45) is 0 Å². The second kappa shape index (κ2) is 3.99. The van der Waals surface area contributed by atoms with Gasteiger partial charge >= 0.3 is 21.5 Å². The smallest absolute Gasteiger partial charge is 0.386 e. The minimum absolute atomic E-state index is 0.739. The van der Waals surface area contributed by atoms with Crippen LogP contribution in [0, 0.1) is 0 Å². The van der Waals surface area contributed by atoms with Gasteiger partial charge in [-0.3, -0.25) is 0 Å². The van der Waals surface area contributed by atoms with Crippen LogP contribution < -0.4 is 0 Å². The molecule has 2 atom stereocenters. The molecular weight excluding hydrogens is 166 g/mol. The van der Waals surface area contributed by atoms with Crippen molar-refractivity contribution in [1.82, 2.24) is 0 Å². The first-order chi connectivity index (χ1) is 4.09. The molecule has 3 N–H and O–H groups in total. The number of hydrogen-bond donors (Lipinski definition) is 3. The first-order valence-electron chi connectivity index (χ1n) is 2.01. The maximum Gasteiger partial charge on any atom is 0.567 e. The van der Waals surface area contributed by atoms with Gasteiger partial charge in [-0.05, 0) is 9.13 Å². The van der Waals surface area contributed by atoms with Gasteiger partial charge in [0.15, 0.2) is 0 Å². The van der Waals surface area contributed by atoms with Crippen LogP contribution >= 0.6 is 16.1 Å². The molecule has 0 aliphatic carbocycles. The summed E-state index contributed by atoms with van der Waals surface area (Å²) in [5.41, 5.74) is 0. The predicted molar refractivity (Wildman–Crippen MR) is 30.5 cm³/mol. The predicted octanol–water partition coefficient (Wildman–Crippen LogP) is -0.226. The van der Waals surface area contributed by atoms with E-state index in [4.69, 9.17) is 14.9 Å². The van der Waals surface area contributed by atoms with E-state index in [0.717, 1.165) is 0 Å². The van der Waals surface area contributed by atoms with Gasteiger partial charge < -0.3 is 5.11 Å². The van der Waals surface area contributed by atoms with Crippen LogP contribution in [0.5, 0.6) is 0 Å². The van der Waals surface area contributed by atoms with Crippen molar-refractivity contribution in [3.63, 3.8) is 0 Å². The van der Waals surface area contributed by atoms with Gasteiger partial charge in [-0.1, -0.05) is 0 Å². The van der Waals surface area contributed by atoms with Crippen molar-refractivity contribution < 1.29 is 24.0 Å². The van der Waals surface area contributed by atoms with Crippen LogP contribution in [0.15, 0.2) is 0 Å². The minimum atomic E-state index is -2.74. The Kier molecular flexibility index (Phi) is 4.02. The van der Waals surface area contributed by atoms with Gasteiger partial charge in [-0.25, -0.2) is 0 Å². The summed E-state index contributed by atoms with van der Waals surface area (Å²) in [6.45, 7) is -0.739. The van der Waals surface area contributed by atoms with Crippen molar-refractivity contribution >= 4 is 16.1 Å². The van der Waals surface area contributed by atoms with Crippen molar-refractivity contribution in [2.45, 2.75) is 5.40 Å². The second-order valence-corrected chi connectivity index (χ2v) is 4.13. The molecule has 0 aliphatic heterocycles. The lowest BCUT2D eigenvalue weighted by molar-refractivity contribution is 0.301. The molecule has 0 fully saturated rings. The van der Waals surface area contributed by atoms with Gasteiger partial charge in [0.05, 0.1) is 0 Å². The van der Waals surface area contributed by atoms with Gasteiger partial charge in [-0.15, -0.1) is 0 Å². The molecule has 0 rings (SSSR count). The molecule has 0 bridgehead atoms. The molecule has 0 aromatic heterocycles. The Morgan fingerprint density at radius 3 is 1.56 bits per heavy atom. The number of aliphatic hydroxyl groups is 1. The van der Waals surface area contributed by atoms with Gasteiger partial charge in [0, 0.05) is 0 Å². The van der Waals surface area contributed by atoms with Crippen molar-refractivity contribution in [3.05, 3.63) is 0 Å². The van der Waals surface area contributed by atoms with E-state index in [2.05, 4.69) is 0 Å². The fraction of sp³-hybridized carbons (Fsp3) is 1.00. The molecule has 9 heavy (non-hydrogen) atoms. The Labute approximate surface area is 53.1 Å². The summed E-state index contributed by atoms with van der Waals surface area (Å²) in [5.74, 6) is 0. The van der Waals surface area contributed by atoms with Crippen molar-refractivity contribution in [1.29, 1.82) is 0 Å². The van der Waals surface area contributed by atoms with Crippen LogP contribution in [0.4, 0.5) is 0 Å². The van der Waals surface area contributed by atoms with Crippen LogP contribution in [0.1, 0.15) is 0 Å². The third kappa shape index (κ3) is 2.94. The van der Waals surface area contributed by atoms with E-state index in [1.807, 2.05) is 0 Å². The Balaban J connectivity index is 3.99. The first-order valence-corrected chi connectivity index (χ1v) is 4.57. The van der Waals surface area contributed by atoms with E-state index in [1.165, 1.54) is 0 Å². The fourth-order valence-corrected chi connectivity index (χ4v) is 1.18. The standard InChI is InChI=1S/C2H4O5P2/c3-1-2(8(4)5)9(6)7/h2-3H,1H2/p+2. The summed E-state index contributed by atoms with van der Waals surface area (Å²) in [4.78, 5) is 16.4. The molecule has 0 aliphatic rings. The van der Waals surface area contributed by atoms with Gasteiger partial charge in [0.1, 0.15) is 6.61 Å². The van der Waals surface area contributed by atoms with Gasteiger partial charge in [-0.2, -0.15) is 9.79 Å². The lowest BCUT2D eigenvalue weighted by atomic mass is 10.9. The summed E-state index contributed by atoms with van der Waals surface area (Å²) >= 11 is 0. The van der Waals surface area contributed by atoms with Crippen LogP contribution in [-0.2, 0) is 9.13 Å². The van der Waals surface area contributed by atoms with E-state index in [0.29, 0.717) is 0 Å². The fourth-order valence-electron chi connectivity index (χ4n) is 0.224. The zero-order valence-corrected chi connectivity index (χ0v) is 6.13. The normalized spacial score (nSPS) is 16.8. The Bertz CT molecular complexity index is 119.